The van der Waals surface area contributed by atoms with Gasteiger partial charge in [-0.1, -0.05) is 90.4 Å². The molecule has 1 aliphatic heterocycles. The van der Waals surface area contributed by atoms with Crippen molar-refractivity contribution < 1.29 is 34.0 Å². The van der Waals surface area contributed by atoms with Gasteiger partial charge in [-0.2, -0.15) is 12.6 Å². The Labute approximate surface area is 248 Å². The molecule has 0 spiro atoms. The van der Waals surface area contributed by atoms with Crippen molar-refractivity contribution in [3.63, 3.8) is 0 Å². The highest BCUT2D eigenvalue weighted by Crippen LogP contribution is 2.29. The van der Waals surface area contributed by atoms with E-state index in [-0.39, 0.29) is 5.75 Å². The van der Waals surface area contributed by atoms with E-state index in [4.69, 9.17) is 13.9 Å². The monoisotopic (exact) mass is 592 g/mol. The summed E-state index contributed by atoms with van der Waals surface area (Å²) in [5.41, 5.74) is 0.525. The molecule has 2 heterocycles. The Hall–Kier alpha value is -1.91. The third kappa shape index (κ3) is 10.1. The Morgan fingerprint density at radius 1 is 0.878 bits per heavy atom. The molecule has 41 heavy (non-hydrogen) atoms. The number of carbonyl (C=O) groups is 1. The van der Waals surface area contributed by atoms with E-state index in [9.17, 15) is 24.9 Å². The van der Waals surface area contributed by atoms with Gasteiger partial charge in [-0.05, 0) is 31.0 Å². The Balaban J connectivity index is 1.42. The fourth-order valence-electron chi connectivity index (χ4n) is 5.38. The van der Waals surface area contributed by atoms with Crippen molar-refractivity contribution in [3.8, 4) is 5.75 Å². The summed E-state index contributed by atoms with van der Waals surface area (Å²) in [4.78, 5) is 24.8. The first-order chi connectivity index (χ1) is 19.7. The molecule has 230 valence electrons. The van der Waals surface area contributed by atoms with Crippen LogP contribution in [0.1, 0.15) is 102 Å². The minimum Gasteiger partial charge on any atom is -0.462 e. The molecule has 0 bridgehead atoms. The van der Waals surface area contributed by atoms with Gasteiger partial charge in [0.2, 0.25) is 6.29 Å². The fourth-order valence-corrected chi connectivity index (χ4v) is 5.71. The second kappa shape index (κ2) is 17.3. The van der Waals surface area contributed by atoms with Crippen molar-refractivity contribution in [2.75, 3.05) is 0 Å². The molecule has 1 saturated heterocycles. The zero-order valence-electron chi connectivity index (χ0n) is 24.5. The number of aryl methyl sites for hydroxylation is 1. The molecule has 1 unspecified atom stereocenters. The lowest BCUT2D eigenvalue weighted by atomic mass is 9.93. The van der Waals surface area contributed by atoms with Crippen LogP contribution in [0.4, 0.5) is 0 Å². The highest BCUT2D eigenvalue weighted by Gasteiger charge is 2.48. The maximum atomic E-state index is 13.1. The van der Waals surface area contributed by atoms with Gasteiger partial charge in [-0.25, -0.2) is 4.79 Å². The largest absolute Gasteiger partial charge is 0.462 e. The van der Waals surface area contributed by atoms with Gasteiger partial charge in [0.15, 0.2) is 5.78 Å². The summed E-state index contributed by atoms with van der Waals surface area (Å²) < 4.78 is 16.6. The molecule has 0 amide bonds. The minimum atomic E-state index is -1.65. The Kier molecular flexibility index (Phi) is 14.1. The number of aliphatic hydroxyl groups excluding tert-OH is 3. The normalized spacial score (nSPS) is 23.5. The predicted octanol–water partition coefficient (Wildman–Crippen LogP) is 5.64. The average Bonchev–Trinajstić information content (AvgIpc) is 2.95. The van der Waals surface area contributed by atoms with Crippen LogP contribution < -0.4 is 10.4 Å². The highest BCUT2D eigenvalue weighted by molar-refractivity contribution is 7.81. The van der Waals surface area contributed by atoms with Crippen LogP contribution in [0.25, 0.3) is 11.0 Å². The van der Waals surface area contributed by atoms with E-state index in [1.807, 2.05) is 0 Å². The van der Waals surface area contributed by atoms with Crippen molar-refractivity contribution in [3.05, 3.63) is 40.2 Å². The molecule has 0 radical (unpaired) electrons. The molecule has 1 aliphatic rings. The molecular formula is C32H48O8S. The van der Waals surface area contributed by atoms with Crippen LogP contribution in [0.2, 0.25) is 0 Å². The maximum Gasteiger partial charge on any atom is 0.336 e. The van der Waals surface area contributed by atoms with E-state index >= 15 is 0 Å². The first-order valence-electron chi connectivity index (χ1n) is 15.4. The molecular weight excluding hydrogens is 544 g/mol. The summed E-state index contributed by atoms with van der Waals surface area (Å²) in [5, 5.41) is 31.5. The number of ether oxygens (including phenoxy) is 2. The van der Waals surface area contributed by atoms with E-state index in [2.05, 4.69) is 19.6 Å². The molecule has 1 fully saturated rings. The smallest absolute Gasteiger partial charge is 0.336 e. The van der Waals surface area contributed by atoms with Crippen LogP contribution >= 0.6 is 12.6 Å². The molecule has 3 rings (SSSR count). The Morgan fingerprint density at radius 2 is 1.46 bits per heavy atom. The second-order valence-corrected chi connectivity index (χ2v) is 12.0. The fraction of sp³-hybridized carbons (Fsp3) is 0.688. The van der Waals surface area contributed by atoms with Gasteiger partial charge in [-0.3, -0.25) is 4.79 Å². The summed E-state index contributed by atoms with van der Waals surface area (Å²) in [5.74, 6) is -0.251. The SMILES string of the molecule is CCCCCCCCCCCCCCCC(S)C(=O)[C@H]1O[C@@H](Oc2ccc3c(C)cc(=O)oc3c2)[C@H](O)[C@@H](O)[C@@H]1O. The summed E-state index contributed by atoms with van der Waals surface area (Å²) in [6.07, 6.45) is 8.83. The van der Waals surface area contributed by atoms with E-state index in [1.54, 1.807) is 19.1 Å². The summed E-state index contributed by atoms with van der Waals surface area (Å²) >= 11 is 4.46. The Bertz CT molecular complexity index is 1130. The van der Waals surface area contributed by atoms with Gasteiger partial charge < -0.3 is 29.2 Å². The van der Waals surface area contributed by atoms with Crippen LogP contribution in [0.3, 0.4) is 0 Å². The van der Waals surface area contributed by atoms with Crippen molar-refractivity contribution >= 4 is 29.4 Å². The van der Waals surface area contributed by atoms with Crippen molar-refractivity contribution in [2.45, 2.75) is 140 Å². The summed E-state index contributed by atoms with van der Waals surface area (Å²) in [7, 11) is 0. The van der Waals surface area contributed by atoms with Crippen molar-refractivity contribution in [1.82, 2.24) is 0 Å². The molecule has 3 N–H and O–H groups in total. The number of hydrogen-bond acceptors (Lipinski definition) is 9. The zero-order valence-corrected chi connectivity index (χ0v) is 25.4. The number of rotatable bonds is 18. The number of hydrogen-bond donors (Lipinski definition) is 4. The maximum absolute atomic E-state index is 13.1. The van der Waals surface area contributed by atoms with Gasteiger partial charge in [-0.15, -0.1) is 0 Å². The van der Waals surface area contributed by atoms with Crippen LogP contribution in [0.5, 0.6) is 5.75 Å². The third-order valence-electron chi connectivity index (χ3n) is 7.93. The number of aliphatic hydroxyl groups is 3. The van der Waals surface area contributed by atoms with E-state index < -0.39 is 47.4 Å². The number of benzene rings is 1. The zero-order chi connectivity index (χ0) is 29.8. The molecule has 8 nitrogen and oxygen atoms in total. The average molecular weight is 593 g/mol. The van der Waals surface area contributed by atoms with Gasteiger partial charge in [0, 0.05) is 17.5 Å². The second-order valence-electron chi connectivity index (χ2n) is 11.4. The summed E-state index contributed by atoms with van der Waals surface area (Å²) in [6.45, 7) is 4.03. The lowest BCUT2D eigenvalue weighted by Gasteiger charge is -2.40. The number of ketones is 1. The summed E-state index contributed by atoms with van der Waals surface area (Å²) in [6, 6.07) is 6.17. The first-order valence-corrected chi connectivity index (χ1v) is 15.9. The van der Waals surface area contributed by atoms with Gasteiger partial charge in [0.25, 0.3) is 0 Å². The topological polar surface area (TPSA) is 126 Å². The third-order valence-corrected chi connectivity index (χ3v) is 8.45. The molecule has 0 aliphatic carbocycles. The first kappa shape index (κ1) is 33.6. The number of fused-ring (bicyclic) bond motifs is 1. The molecule has 6 atom stereocenters. The molecule has 1 aromatic heterocycles. The van der Waals surface area contributed by atoms with Crippen LogP contribution in [0, 0.1) is 6.92 Å². The molecule has 9 heteroatoms. The molecule has 1 aromatic carbocycles. The van der Waals surface area contributed by atoms with E-state index in [1.165, 1.54) is 76.3 Å². The van der Waals surface area contributed by atoms with Crippen molar-refractivity contribution in [2.24, 2.45) is 0 Å². The lowest BCUT2D eigenvalue weighted by Crippen LogP contribution is -2.62. The molecule has 0 saturated carbocycles. The van der Waals surface area contributed by atoms with E-state index in [0.717, 1.165) is 30.2 Å². The number of Topliss-reactive ketones (excluding diaryl/α,β-unsaturated/α-hetero) is 1. The molecule has 2 aromatic rings. The lowest BCUT2D eigenvalue weighted by molar-refractivity contribution is -0.266. The number of carbonyl (C=O) groups excluding carboxylic acids is 1. The number of unbranched alkanes of at least 4 members (excludes halogenated alkanes) is 12. The number of thiol groups is 1. The predicted molar refractivity (Wildman–Crippen MR) is 163 cm³/mol. The minimum absolute atomic E-state index is 0.208. The van der Waals surface area contributed by atoms with E-state index in [0.29, 0.717) is 12.0 Å². The van der Waals surface area contributed by atoms with Gasteiger partial charge in [0.1, 0.15) is 35.7 Å². The quantitative estimate of drug-likeness (QED) is 0.0996. The van der Waals surface area contributed by atoms with Crippen LogP contribution in [-0.2, 0) is 9.53 Å². The van der Waals surface area contributed by atoms with Crippen LogP contribution in [0.15, 0.2) is 33.5 Å². The Morgan fingerprint density at radius 3 is 2.07 bits per heavy atom. The van der Waals surface area contributed by atoms with Crippen molar-refractivity contribution in [1.29, 1.82) is 0 Å². The highest BCUT2D eigenvalue weighted by atomic mass is 32.1. The van der Waals surface area contributed by atoms with Gasteiger partial charge >= 0.3 is 5.63 Å². The van der Waals surface area contributed by atoms with Gasteiger partial charge in [0.05, 0.1) is 5.25 Å². The standard InChI is InChI=1S/C32H48O8S/c1-3-4-5-6-7-8-9-10-11-12-13-14-15-16-25(41)27(34)31-29(36)28(35)30(37)32(40-31)38-22-17-18-23-21(2)19-26(33)39-24(23)20-22/h17-20,25,28-32,35-37,41H,3-16H2,1-2H3/t25?,28-,29-,30+,31+,32+/m0/s1. The van der Waals surface area contributed by atoms with Crippen LogP contribution in [-0.4, -0.2) is 57.1 Å².